The number of benzene rings is 1. The third-order valence-electron chi connectivity index (χ3n) is 4.29. The molecular formula is C19H25N7OS. The number of aryl methyl sites for hydroxylation is 3. The van der Waals surface area contributed by atoms with Gasteiger partial charge in [-0.1, -0.05) is 42.1 Å². The van der Waals surface area contributed by atoms with Crippen molar-refractivity contribution in [1.29, 1.82) is 0 Å². The van der Waals surface area contributed by atoms with Crippen LogP contribution < -0.4 is 11.2 Å². The first kappa shape index (κ1) is 19.9. The highest BCUT2D eigenvalue weighted by molar-refractivity contribution is 7.99. The first-order chi connectivity index (χ1) is 13.4. The van der Waals surface area contributed by atoms with Crippen LogP contribution in [0.1, 0.15) is 30.3 Å². The standard InChI is InChI=1S/C19H25N7OS/c1-13(9-10-16-7-5-4-6-8-16)21-17(27)12-28-19-23-22-18(25(19)20)26-15(3)11-14(2)24-26/h4-8,11,13H,9-10,12,20H2,1-3H3,(H,21,27). The first-order valence-corrected chi connectivity index (χ1v) is 10.1. The van der Waals surface area contributed by atoms with Crippen molar-refractivity contribution in [2.24, 2.45) is 0 Å². The lowest BCUT2D eigenvalue weighted by Gasteiger charge is -2.13. The van der Waals surface area contributed by atoms with Gasteiger partial charge in [0.25, 0.3) is 5.95 Å². The molecule has 148 valence electrons. The second kappa shape index (κ2) is 8.92. The largest absolute Gasteiger partial charge is 0.353 e. The number of carbonyl (C=O) groups is 1. The average molecular weight is 400 g/mol. The molecule has 0 aliphatic rings. The SMILES string of the molecule is Cc1cc(C)n(-c2nnc(SCC(=O)NC(C)CCc3ccccc3)n2N)n1. The zero-order valence-electron chi connectivity index (χ0n) is 16.3. The molecule has 0 aliphatic carbocycles. The molecule has 0 saturated heterocycles. The molecule has 0 radical (unpaired) electrons. The number of carbonyl (C=O) groups excluding carboxylic acids is 1. The maximum atomic E-state index is 12.2. The van der Waals surface area contributed by atoms with E-state index in [0.29, 0.717) is 11.1 Å². The Balaban J connectivity index is 1.50. The van der Waals surface area contributed by atoms with Crippen LogP contribution in [0.25, 0.3) is 5.95 Å². The second-order valence-electron chi connectivity index (χ2n) is 6.77. The summed E-state index contributed by atoms with van der Waals surface area (Å²) in [6.07, 6.45) is 1.81. The molecule has 2 aromatic heterocycles. The van der Waals surface area contributed by atoms with Crippen LogP contribution in [-0.4, -0.2) is 42.4 Å². The third-order valence-corrected chi connectivity index (χ3v) is 5.24. The van der Waals surface area contributed by atoms with Crippen LogP contribution in [0.5, 0.6) is 0 Å². The minimum atomic E-state index is -0.0544. The topological polar surface area (TPSA) is 104 Å². The van der Waals surface area contributed by atoms with Gasteiger partial charge in [-0.15, -0.1) is 10.2 Å². The van der Waals surface area contributed by atoms with Crippen molar-refractivity contribution in [2.75, 3.05) is 11.6 Å². The Hall–Kier alpha value is -2.81. The van der Waals surface area contributed by atoms with E-state index in [1.807, 2.05) is 45.0 Å². The van der Waals surface area contributed by atoms with E-state index in [0.717, 1.165) is 24.2 Å². The van der Waals surface area contributed by atoms with Gasteiger partial charge in [-0.2, -0.15) is 5.10 Å². The Morgan fingerprint density at radius 2 is 2.00 bits per heavy atom. The number of nitrogens with zero attached hydrogens (tertiary/aromatic N) is 5. The number of aromatic nitrogens is 5. The van der Waals surface area contributed by atoms with Gasteiger partial charge in [0.15, 0.2) is 0 Å². The fraction of sp³-hybridized carbons (Fsp3) is 0.368. The minimum absolute atomic E-state index is 0.0544. The van der Waals surface area contributed by atoms with E-state index in [2.05, 4.69) is 32.7 Å². The monoisotopic (exact) mass is 399 g/mol. The van der Waals surface area contributed by atoms with Gasteiger partial charge in [-0.25, -0.2) is 9.36 Å². The maximum absolute atomic E-state index is 12.2. The van der Waals surface area contributed by atoms with Crippen LogP contribution >= 0.6 is 11.8 Å². The summed E-state index contributed by atoms with van der Waals surface area (Å²) in [6.45, 7) is 5.84. The zero-order chi connectivity index (χ0) is 20.1. The van der Waals surface area contributed by atoms with E-state index >= 15 is 0 Å². The van der Waals surface area contributed by atoms with Crippen molar-refractivity contribution in [3.63, 3.8) is 0 Å². The van der Waals surface area contributed by atoms with Crippen molar-refractivity contribution < 1.29 is 4.79 Å². The van der Waals surface area contributed by atoms with Gasteiger partial charge in [0.2, 0.25) is 11.1 Å². The van der Waals surface area contributed by atoms with Gasteiger partial charge in [-0.3, -0.25) is 4.79 Å². The molecule has 0 fully saturated rings. The Morgan fingerprint density at radius 1 is 1.25 bits per heavy atom. The van der Waals surface area contributed by atoms with Crippen LogP contribution in [0.4, 0.5) is 0 Å². The van der Waals surface area contributed by atoms with E-state index in [1.54, 1.807) is 4.68 Å². The Bertz CT molecular complexity index is 935. The van der Waals surface area contributed by atoms with Gasteiger partial charge in [0.1, 0.15) is 0 Å². The number of amides is 1. The number of rotatable bonds is 8. The van der Waals surface area contributed by atoms with Crippen LogP contribution in [-0.2, 0) is 11.2 Å². The van der Waals surface area contributed by atoms with Crippen molar-refractivity contribution >= 4 is 17.7 Å². The minimum Gasteiger partial charge on any atom is -0.353 e. The number of nitrogens with one attached hydrogen (secondary N) is 1. The molecule has 1 amide bonds. The van der Waals surface area contributed by atoms with Crippen molar-refractivity contribution in [3.05, 3.63) is 53.3 Å². The lowest BCUT2D eigenvalue weighted by Crippen LogP contribution is -2.34. The molecule has 3 aromatic rings. The van der Waals surface area contributed by atoms with E-state index in [9.17, 15) is 4.79 Å². The maximum Gasteiger partial charge on any atom is 0.271 e. The number of hydrogen-bond acceptors (Lipinski definition) is 6. The third kappa shape index (κ3) is 4.92. The van der Waals surface area contributed by atoms with Crippen LogP contribution in [0.2, 0.25) is 0 Å². The van der Waals surface area contributed by atoms with Crippen LogP contribution in [0, 0.1) is 13.8 Å². The quantitative estimate of drug-likeness (QED) is 0.444. The Labute approximate surface area is 168 Å². The molecule has 3 N–H and O–H groups in total. The van der Waals surface area contributed by atoms with E-state index in [1.165, 1.54) is 22.0 Å². The van der Waals surface area contributed by atoms with E-state index in [4.69, 9.17) is 5.84 Å². The molecule has 9 heteroatoms. The molecule has 0 aliphatic heterocycles. The van der Waals surface area contributed by atoms with Crippen molar-refractivity contribution in [2.45, 2.75) is 44.8 Å². The number of thioether (sulfide) groups is 1. The predicted octanol–water partition coefficient (Wildman–Crippen LogP) is 2.02. The zero-order valence-corrected chi connectivity index (χ0v) is 17.1. The molecule has 2 heterocycles. The normalized spacial score (nSPS) is 12.1. The summed E-state index contributed by atoms with van der Waals surface area (Å²) in [5.74, 6) is 6.68. The fourth-order valence-corrected chi connectivity index (χ4v) is 3.55. The number of nitrogens with two attached hydrogens (primary N) is 1. The molecule has 8 nitrogen and oxygen atoms in total. The number of nitrogen functional groups attached to an aromatic ring is 1. The first-order valence-electron chi connectivity index (χ1n) is 9.14. The molecular weight excluding hydrogens is 374 g/mol. The number of hydrogen-bond donors (Lipinski definition) is 2. The summed E-state index contributed by atoms with van der Waals surface area (Å²) in [4.78, 5) is 12.2. The summed E-state index contributed by atoms with van der Waals surface area (Å²) >= 11 is 1.25. The van der Waals surface area contributed by atoms with Crippen molar-refractivity contribution in [3.8, 4) is 5.95 Å². The highest BCUT2D eigenvalue weighted by Crippen LogP contribution is 2.17. The highest BCUT2D eigenvalue weighted by Gasteiger charge is 2.16. The Kier molecular flexibility index (Phi) is 6.35. The lowest BCUT2D eigenvalue weighted by molar-refractivity contribution is -0.119. The summed E-state index contributed by atoms with van der Waals surface area (Å²) < 4.78 is 2.99. The van der Waals surface area contributed by atoms with Crippen molar-refractivity contribution in [1.82, 2.24) is 30.0 Å². The molecule has 28 heavy (non-hydrogen) atoms. The van der Waals surface area contributed by atoms with Crippen LogP contribution in [0.3, 0.4) is 0 Å². The van der Waals surface area contributed by atoms with Gasteiger partial charge in [0.05, 0.1) is 11.4 Å². The van der Waals surface area contributed by atoms with E-state index < -0.39 is 0 Å². The Morgan fingerprint density at radius 3 is 2.68 bits per heavy atom. The summed E-state index contributed by atoms with van der Waals surface area (Å²) in [6, 6.07) is 12.3. The van der Waals surface area contributed by atoms with Gasteiger partial charge in [0, 0.05) is 11.7 Å². The van der Waals surface area contributed by atoms with Gasteiger partial charge in [-0.05, 0) is 45.2 Å². The van der Waals surface area contributed by atoms with Gasteiger partial charge >= 0.3 is 0 Å². The molecule has 3 rings (SSSR count). The average Bonchev–Trinajstić information content (AvgIpc) is 3.20. The summed E-state index contributed by atoms with van der Waals surface area (Å²) in [5, 5.41) is 16.0. The molecule has 0 bridgehead atoms. The predicted molar refractivity (Wildman–Crippen MR) is 110 cm³/mol. The summed E-state index contributed by atoms with van der Waals surface area (Å²) in [5.41, 5.74) is 3.06. The lowest BCUT2D eigenvalue weighted by atomic mass is 10.1. The highest BCUT2D eigenvalue weighted by atomic mass is 32.2. The van der Waals surface area contributed by atoms with E-state index in [-0.39, 0.29) is 17.7 Å². The smallest absolute Gasteiger partial charge is 0.271 e. The molecule has 1 unspecified atom stereocenters. The molecule has 1 aromatic carbocycles. The van der Waals surface area contributed by atoms with Gasteiger partial charge < -0.3 is 11.2 Å². The second-order valence-corrected chi connectivity index (χ2v) is 7.72. The fourth-order valence-electron chi connectivity index (χ4n) is 2.89. The molecule has 0 saturated carbocycles. The van der Waals surface area contributed by atoms with Crippen LogP contribution in [0.15, 0.2) is 41.6 Å². The summed E-state index contributed by atoms with van der Waals surface area (Å²) in [7, 11) is 0. The molecule has 1 atom stereocenters. The molecule has 0 spiro atoms.